The van der Waals surface area contributed by atoms with Crippen molar-refractivity contribution in [3.05, 3.63) is 192 Å². The van der Waals surface area contributed by atoms with Crippen LogP contribution in [0.2, 0.25) is 0 Å². The number of halogens is 1. The maximum atomic E-state index is 13.9. The highest BCUT2D eigenvalue weighted by molar-refractivity contribution is 6.57. The maximum Gasteiger partial charge on any atom is 0.127 e. The molecule has 0 atom stereocenters. The van der Waals surface area contributed by atoms with Crippen LogP contribution in [0, 0.1) is 5.82 Å². The van der Waals surface area contributed by atoms with Crippen LogP contribution < -0.4 is 5.19 Å². The topological polar surface area (TPSA) is 17.8 Å². The van der Waals surface area contributed by atoms with Gasteiger partial charge in [0.15, 0.2) is 0 Å². The van der Waals surface area contributed by atoms with Gasteiger partial charge in [-0.2, -0.15) is 0 Å². The van der Waals surface area contributed by atoms with Gasteiger partial charge in [-0.05, 0) is 40.2 Å². The minimum Gasteiger partial charge on any atom is -0.326 e. The molecule has 0 fully saturated rings. The number of nitrogens with zero attached hydrogens (tertiary/aromatic N) is 2. The van der Waals surface area contributed by atoms with Crippen LogP contribution in [0.5, 0.6) is 0 Å². The van der Waals surface area contributed by atoms with E-state index in [4.69, 9.17) is 7.85 Å². The number of imidazole rings is 1. The van der Waals surface area contributed by atoms with Gasteiger partial charge in [0, 0.05) is 12.4 Å². The predicted octanol–water partition coefficient (Wildman–Crippen LogP) is 6.75. The van der Waals surface area contributed by atoms with E-state index in [0.29, 0.717) is 9.52 Å². The Morgan fingerprint density at radius 1 is 0.650 bits per heavy atom. The Bertz CT molecular complexity index is 1500. The molecule has 0 saturated heterocycles. The van der Waals surface area contributed by atoms with Gasteiger partial charge in [0.2, 0.25) is 0 Å². The van der Waals surface area contributed by atoms with Gasteiger partial charge in [-0.3, -0.25) is 0 Å². The first-order valence-corrected chi connectivity index (χ1v) is 14.2. The minimum absolute atomic E-state index is 0.0163. The van der Waals surface area contributed by atoms with E-state index in [1.54, 1.807) is 18.3 Å². The number of rotatable bonds is 7. The van der Waals surface area contributed by atoms with Crippen molar-refractivity contribution in [2.24, 2.45) is 0 Å². The molecule has 40 heavy (non-hydrogen) atoms. The molecule has 0 N–H and O–H groups in total. The molecule has 0 amide bonds. The average Bonchev–Trinajstić information content (AvgIpc) is 3.57. The third kappa shape index (κ3) is 6.22. The highest BCUT2D eigenvalue weighted by Crippen LogP contribution is 2.33. The largest absolute Gasteiger partial charge is 0.326 e. The maximum absolute atomic E-state index is 13.9. The number of benzene rings is 5. The lowest BCUT2D eigenvalue weighted by atomic mass is 9.76. The highest BCUT2D eigenvalue weighted by Gasteiger charge is 2.37. The molecule has 0 saturated carbocycles. The third-order valence-electron chi connectivity index (χ3n) is 6.74. The fraction of sp³-hybridized carbons (Fsp3) is 0.0571. The minimum atomic E-state index is -0.479. The van der Waals surface area contributed by atoms with E-state index in [-0.39, 0.29) is 11.6 Å². The molecule has 6 rings (SSSR count). The van der Waals surface area contributed by atoms with Crippen molar-refractivity contribution in [1.29, 1.82) is 0 Å². The Kier molecular flexibility index (Phi) is 8.84. The van der Waals surface area contributed by atoms with Crippen LogP contribution >= 0.6 is 0 Å². The Morgan fingerprint density at radius 2 is 1.15 bits per heavy atom. The lowest BCUT2D eigenvalue weighted by Gasteiger charge is -2.36. The molecule has 0 aliphatic rings. The molecule has 6 aromatic rings. The zero-order valence-corrected chi connectivity index (χ0v) is 23.0. The van der Waals surface area contributed by atoms with Crippen molar-refractivity contribution in [2.45, 2.75) is 11.0 Å². The Hall–Kier alpha value is -4.48. The second kappa shape index (κ2) is 13.0. The van der Waals surface area contributed by atoms with Crippen LogP contribution in [-0.2, 0) is 5.16 Å². The van der Waals surface area contributed by atoms with E-state index < -0.39 is 5.16 Å². The Balaban J connectivity index is 0.000000194. The average molecular weight is 535 g/mol. The summed E-state index contributed by atoms with van der Waals surface area (Å²) in [5, 5.41) is 0.485. The molecule has 1 aromatic heterocycles. The van der Waals surface area contributed by atoms with Crippen molar-refractivity contribution in [3.63, 3.8) is 0 Å². The van der Waals surface area contributed by atoms with Gasteiger partial charge >= 0.3 is 0 Å². The first kappa shape index (κ1) is 27.1. The van der Waals surface area contributed by atoms with E-state index in [2.05, 4.69) is 58.1 Å². The number of hydrogen-bond acceptors (Lipinski definition) is 1. The summed E-state index contributed by atoms with van der Waals surface area (Å²) >= 11 is 0. The molecule has 0 bridgehead atoms. The smallest absolute Gasteiger partial charge is 0.127 e. The van der Waals surface area contributed by atoms with Gasteiger partial charge in [-0.1, -0.05) is 139 Å². The molecule has 2 nitrogen and oxygen atoms in total. The van der Waals surface area contributed by atoms with E-state index in [1.807, 2.05) is 91.4 Å². The Labute approximate surface area is 239 Å². The summed E-state index contributed by atoms with van der Waals surface area (Å²) in [6.07, 6.45) is 5.61. The van der Waals surface area contributed by atoms with Crippen LogP contribution in [0.3, 0.4) is 0 Å². The molecule has 0 aliphatic carbocycles. The molecular formula is C35H28BFN2Si. The highest BCUT2D eigenvalue weighted by atomic mass is 28.2. The van der Waals surface area contributed by atoms with Crippen molar-refractivity contribution < 1.29 is 4.39 Å². The summed E-state index contributed by atoms with van der Waals surface area (Å²) in [6, 6.07) is 47.8. The number of aromatic nitrogens is 2. The third-order valence-corrected chi connectivity index (χ3v) is 8.54. The standard InChI is InChI=1S/C22H17FN2Si.C13H11B/c23-20-12-7-13-21(16-20)26-22(25-15-14-24-17-25,18-8-3-1-4-9-18)19-10-5-2-6-11-19;14-13(11-7-3-1-4-8-11)12-9-5-2-6-10-12/h1-17H;1-10,13H. The molecule has 0 aliphatic heterocycles. The van der Waals surface area contributed by atoms with Gasteiger partial charge in [-0.25, -0.2) is 9.37 Å². The summed E-state index contributed by atoms with van der Waals surface area (Å²) in [4.78, 5) is 4.29. The Morgan fingerprint density at radius 3 is 1.60 bits per heavy atom. The van der Waals surface area contributed by atoms with Gasteiger partial charge in [0.1, 0.15) is 15.3 Å². The zero-order chi connectivity index (χ0) is 27.6. The van der Waals surface area contributed by atoms with Crippen molar-refractivity contribution in [3.8, 4) is 0 Å². The summed E-state index contributed by atoms with van der Waals surface area (Å²) in [5.41, 5.74) is 4.59. The van der Waals surface area contributed by atoms with Crippen molar-refractivity contribution >= 4 is 22.6 Å². The zero-order valence-electron chi connectivity index (χ0n) is 22.0. The van der Waals surface area contributed by atoms with E-state index in [0.717, 1.165) is 27.4 Å². The fourth-order valence-electron chi connectivity index (χ4n) is 4.78. The van der Waals surface area contributed by atoms with Crippen LogP contribution in [0.4, 0.5) is 4.39 Å². The van der Waals surface area contributed by atoms with Gasteiger partial charge < -0.3 is 4.57 Å². The normalized spacial score (nSPS) is 11.1. The van der Waals surface area contributed by atoms with Gasteiger partial charge in [-0.15, -0.1) is 0 Å². The number of hydrogen-bond donors (Lipinski definition) is 0. The molecule has 0 spiro atoms. The predicted molar refractivity (Wildman–Crippen MR) is 164 cm³/mol. The SMILES string of the molecule is Fc1cccc([Si]C(c2ccccc2)(c2ccccc2)n2ccnc2)c1.[B]C(c1ccccc1)c1ccccc1. The summed E-state index contributed by atoms with van der Waals surface area (Å²) in [6.45, 7) is 0. The van der Waals surface area contributed by atoms with Crippen LogP contribution in [0.1, 0.15) is 28.1 Å². The summed E-state index contributed by atoms with van der Waals surface area (Å²) in [5.74, 6) is -0.229. The van der Waals surface area contributed by atoms with Gasteiger partial charge in [0.05, 0.1) is 19.3 Å². The van der Waals surface area contributed by atoms with E-state index in [9.17, 15) is 4.39 Å². The monoisotopic (exact) mass is 534 g/mol. The van der Waals surface area contributed by atoms with Crippen LogP contribution in [-0.4, -0.2) is 26.9 Å². The van der Waals surface area contributed by atoms with Gasteiger partial charge in [0.25, 0.3) is 0 Å². The molecule has 5 aromatic carbocycles. The molecular weight excluding hydrogens is 506 g/mol. The quantitative estimate of drug-likeness (QED) is 0.207. The van der Waals surface area contributed by atoms with Crippen LogP contribution in [0.25, 0.3) is 0 Å². The fourth-order valence-corrected chi connectivity index (χ4v) is 6.47. The lowest BCUT2D eigenvalue weighted by Crippen LogP contribution is -2.46. The van der Waals surface area contributed by atoms with E-state index >= 15 is 0 Å². The van der Waals surface area contributed by atoms with Crippen molar-refractivity contribution in [2.75, 3.05) is 0 Å². The summed E-state index contributed by atoms with van der Waals surface area (Å²) < 4.78 is 16.0. The van der Waals surface area contributed by atoms with Crippen molar-refractivity contribution in [1.82, 2.24) is 9.55 Å². The van der Waals surface area contributed by atoms with Crippen LogP contribution in [0.15, 0.2) is 164 Å². The molecule has 192 valence electrons. The molecule has 4 radical (unpaired) electrons. The second-order valence-electron chi connectivity index (χ2n) is 9.35. The second-order valence-corrected chi connectivity index (χ2v) is 10.9. The summed E-state index contributed by atoms with van der Waals surface area (Å²) in [7, 11) is 6.41. The lowest BCUT2D eigenvalue weighted by molar-refractivity contribution is 0.596. The first-order chi connectivity index (χ1) is 19.7. The van der Waals surface area contributed by atoms with E-state index in [1.165, 1.54) is 6.07 Å². The molecule has 1 heterocycles. The first-order valence-electron chi connectivity index (χ1n) is 13.2. The molecule has 0 unspecified atom stereocenters. The molecule has 5 heteroatoms.